The maximum absolute atomic E-state index is 12.9. The first-order chi connectivity index (χ1) is 6.51. The minimum absolute atomic E-state index is 0.220. The molecule has 0 aromatic heterocycles. The third-order valence-corrected chi connectivity index (χ3v) is 2.19. The molecule has 1 atom stereocenters. The van der Waals surface area contributed by atoms with E-state index in [4.69, 9.17) is 15.9 Å². The summed E-state index contributed by atoms with van der Waals surface area (Å²) in [4.78, 5) is 0. The SMILES string of the molecule is C[C@](N)(CO)c1cc(F)ccc1CO. The second-order valence-corrected chi connectivity index (χ2v) is 3.54. The van der Waals surface area contributed by atoms with E-state index in [0.717, 1.165) is 0 Å². The number of rotatable bonds is 3. The molecule has 0 heterocycles. The van der Waals surface area contributed by atoms with E-state index >= 15 is 0 Å². The van der Waals surface area contributed by atoms with Crippen LogP contribution in [0.4, 0.5) is 4.39 Å². The number of aliphatic hydroxyl groups is 2. The summed E-state index contributed by atoms with van der Waals surface area (Å²) in [5, 5.41) is 18.0. The summed E-state index contributed by atoms with van der Waals surface area (Å²) < 4.78 is 12.9. The average molecular weight is 199 g/mol. The van der Waals surface area contributed by atoms with Crippen molar-refractivity contribution in [2.75, 3.05) is 6.61 Å². The van der Waals surface area contributed by atoms with Crippen LogP contribution in [0, 0.1) is 5.82 Å². The highest BCUT2D eigenvalue weighted by molar-refractivity contribution is 5.33. The third-order valence-electron chi connectivity index (χ3n) is 2.19. The molecule has 0 radical (unpaired) electrons. The summed E-state index contributed by atoms with van der Waals surface area (Å²) in [5.74, 6) is -0.428. The van der Waals surface area contributed by atoms with Crippen molar-refractivity contribution in [2.45, 2.75) is 19.1 Å². The molecule has 1 aromatic carbocycles. The summed E-state index contributed by atoms with van der Waals surface area (Å²) in [6, 6.07) is 3.95. The molecule has 1 rings (SSSR count). The summed E-state index contributed by atoms with van der Waals surface area (Å²) in [5.41, 5.74) is 5.69. The van der Waals surface area contributed by atoms with Gasteiger partial charge in [-0.05, 0) is 30.2 Å². The maximum atomic E-state index is 12.9. The second-order valence-electron chi connectivity index (χ2n) is 3.54. The van der Waals surface area contributed by atoms with Gasteiger partial charge in [-0.25, -0.2) is 4.39 Å². The van der Waals surface area contributed by atoms with Crippen molar-refractivity contribution in [2.24, 2.45) is 5.73 Å². The quantitative estimate of drug-likeness (QED) is 0.663. The summed E-state index contributed by atoms with van der Waals surface area (Å²) >= 11 is 0. The van der Waals surface area contributed by atoms with Crippen LogP contribution in [0.1, 0.15) is 18.1 Å². The van der Waals surface area contributed by atoms with Crippen LogP contribution in [-0.4, -0.2) is 16.8 Å². The van der Waals surface area contributed by atoms with Crippen molar-refractivity contribution in [1.82, 2.24) is 0 Å². The molecule has 0 fully saturated rings. The van der Waals surface area contributed by atoms with Crippen molar-refractivity contribution in [1.29, 1.82) is 0 Å². The fourth-order valence-electron chi connectivity index (χ4n) is 1.30. The molecule has 78 valence electrons. The molecule has 0 saturated heterocycles. The van der Waals surface area contributed by atoms with Gasteiger partial charge in [-0.1, -0.05) is 6.07 Å². The van der Waals surface area contributed by atoms with Crippen LogP contribution < -0.4 is 5.73 Å². The Morgan fingerprint density at radius 1 is 1.43 bits per heavy atom. The van der Waals surface area contributed by atoms with E-state index < -0.39 is 11.4 Å². The Morgan fingerprint density at radius 2 is 2.07 bits per heavy atom. The molecule has 0 saturated carbocycles. The predicted molar refractivity (Wildman–Crippen MR) is 50.9 cm³/mol. The summed E-state index contributed by atoms with van der Waals surface area (Å²) in [7, 11) is 0. The zero-order valence-corrected chi connectivity index (χ0v) is 8.00. The van der Waals surface area contributed by atoms with Crippen molar-refractivity contribution in [3.05, 3.63) is 35.1 Å². The molecule has 14 heavy (non-hydrogen) atoms. The van der Waals surface area contributed by atoms with Crippen molar-refractivity contribution in [3.8, 4) is 0 Å². The van der Waals surface area contributed by atoms with E-state index in [2.05, 4.69) is 0 Å². The number of halogens is 1. The van der Waals surface area contributed by atoms with E-state index in [9.17, 15) is 4.39 Å². The van der Waals surface area contributed by atoms with Gasteiger partial charge in [0.25, 0.3) is 0 Å². The number of aliphatic hydroxyl groups excluding tert-OH is 2. The molecular formula is C10H14FNO2. The summed E-state index contributed by atoms with van der Waals surface area (Å²) in [6.45, 7) is 1.06. The Bertz CT molecular complexity index is 326. The van der Waals surface area contributed by atoms with E-state index in [1.54, 1.807) is 6.92 Å². The zero-order chi connectivity index (χ0) is 10.8. The van der Waals surface area contributed by atoms with Gasteiger partial charge in [0.1, 0.15) is 5.82 Å². The number of hydrogen-bond donors (Lipinski definition) is 3. The highest BCUT2D eigenvalue weighted by Crippen LogP contribution is 2.22. The normalized spacial score (nSPS) is 15.2. The Hall–Kier alpha value is -0.970. The Balaban J connectivity index is 3.23. The molecule has 0 unspecified atom stereocenters. The van der Waals surface area contributed by atoms with Crippen molar-refractivity contribution in [3.63, 3.8) is 0 Å². The molecule has 3 nitrogen and oxygen atoms in total. The van der Waals surface area contributed by atoms with Gasteiger partial charge in [-0.2, -0.15) is 0 Å². The van der Waals surface area contributed by atoms with Crippen LogP contribution in [0.25, 0.3) is 0 Å². The number of hydrogen-bond acceptors (Lipinski definition) is 3. The third kappa shape index (κ3) is 2.09. The van der Waals surface area contributed by atoms with Gasteiger partial charge in [0, 0.05) is 0 Å². The molecule has 0 aliphatic heterocycles. The lowest BCUT2D eigenvalue weighted by Gasteiger charge is -2.24. The van der Waals surface area contributed by atoms with Crippen LogP contribution in [0.15, 0.2) is 18.2 Å². The van der Waals surface area contributed by atoms with Crippen LogP contribution >= 0.6 is 0 Å². The van der Waals surface area contributed by atoms with E-state index in [1.165, 1.54) is 18.2 Å². The summed E-state index contributed by atoms with van der Waals surface area (Å²) in [6.07, 6.45) is 0. The fourth-order valence-corrected chi connectivity index (χ4v) is 1.30. The smallest absolute Gasteiger partial charge is 0.123 e. The molecule has 0 amide bonds. The van der Waals surface area contributed by atoms with Crippen molar-refractivity contribution < 1.29 is 14.6 Å². The lowest BCUT2D eigenvalue weighted by Crippen LogP contribution is -2.38. The first kappa shape index (κ1) is 11.1. The van der Waals surface area contributed by atoms with Gasteiger partial charge >= 0.3 is 0 Å². The number of nitrogens with two attached hydrogens (primary N) is 1. The van der Waals surface area contributed by atoms with Gasteiger partial charge in [0.05, 0.1) is 18.8 Å². The topological polar surface area (TPSA) is 66.5 Å². The lowest BCUT2D eigenvalue weighted by molar-refractivity contribution is 0.205. The Morgan fingerprint density at radius 3 is 2.57 bits per heavy atom. The molecule has 0 bridgehead atoms. The van der Waals surface area contributed by atoms with Crippen LogP contribution in [0.2, 0.25) is 0 Å². The predicted octanol–water partition coefficient (Wildman–Crippen LogP) is 0.484. The zero-order valence-electron chi connectivity index (χ0n) is 8.00. The largest absolute Gasteiger partial charge is 0.394 e. The monoisotopic (exact) mass is 199 g/mol. The van der Waals surface area contributed by atoms with E-state index in [-0.39, 0.29) is 13.2 Å². The van der Waals surface area contributed by atoms with Crippen LogP contribution in [0.5, 0.6) is 0 Å². The van der Waals surface area contributed by atoms with Crippen molar-refractivity contribution >= 4 is 0 Å². The molecule has 1 aromatic rings. The van der Waals surface area contributed by atoms with Gasteiger partial charge in [0.15, 0.2) is 0 Å². The minimum atomic E-state index is -1.03. The van der Waals surface area contributed by atoms with Gasteiger partial charge in [0.2, 0.25) is 0 Å². The molecular weight excluding hydrogens is 185 g/mol. The Kier molecular flexibility index (Phi) is 3.21. The first-order valence-electron chi connectivity index (χ1n) is 4.31. The second kappa shape index (κ2) is 4.04. The highest BCUT2D eigenvalue weighted by atomic mass is 19.1. The number of benzene rings is 1. The molecule has 4 N–H and O–H groups in total. The fraction of sp³-hybridized carbons (Fsp3) is 0.400. The standard InChI is InChI=1S/C10H14FNO2/c1-10(12,6-14)9-4-8(11)3-2-7(9)5-13/h2-4,13-14H,5-6,12H2,1H3/t10-/m0/s1. The average Bonchev–Trinajstić information content (AvgIpc) is 2.18. The van der Waals surface area contributed by atoms with E-state index in [0.29, 0.717) is 11.1 Å². The molecule has 0 spiro atoms. The molecule has 0 aliphatic rings. The molecule has 4 heteroatoms. The lowest BCUT2D eigenvalue weighted by atomic mass is 9.90. The maximum Gasteiger partial charge on any atom is 0.123 e. The first-order valence-corrected chi connectivity index (χ1v) is 4.31. The van der Waals surface area contributed by atoms with Gasteiger partial charge in [-0.15, -0.1) is 0 Å². The molecule has 0 aliphatic carbocycles. The highest BCUT2D eigenvalue weighted by Gasteiger charge is 2.23. The van der Waals surface area contributed by atoms with E-state index in [1.807, 2.05) is 0 Å². The Labute approximate surface area is 82.0 Å². The minimum Gasteiger partial charge on any atom is -0.394 e. The van der Waals surface area contributed by atoms with Gasteiger partial charge in [-0.3, -0.25) is 0 Å². The van der Waals surface area contributed by atoms with Gasteiger partial charge < -0.3 is 15.9 Å². The van der Waals surface area contributed by atoms with Crippen LogP contribution in [-0.2, 0) is 12.1 Å². The van der Waals surface area contributed by atoms with Crippen LogP contribution in [0.3, 0.4) is 0 Å².